The predicted molar refractivity (Wildman–Crippen MR) is 102 cm³/mol. The molecule has 0 radical (unpaired) electrons. The molecule has 0 aliphatic rings. The maximum Gasteiger partial charge on any atom is 0.277 e. The third-order valence-corrected chi connectivity index (χ3v) is 4.69. The van der Waals surface area contributed by atoms with Gasteiger partial charge >= 0.3 is 0 Å². The molecule has 2 aromatic carbocycles. The molecule has 0 spiro atoms. The Morgan fingerprint density at radius 3 is 2.50 bits per heavy atom. The zero-order chi connectivity index (χ0) is 18.5. The van der Waals surface area contributed by atoms with Gasteiger partial charge in [0.2, 0.25) is 11.8 Å². The molecule has 134 valence electrons. The highest BCUT2D eigenvalue weighted by Crippen LogP contribution is 2.27. The van der Waals surface area contributed by atoms with E-state index in [1.807, 2.05) is 24.3 Å². The highest BCUT2D eigenvalue weighted by Gasteiger charge is 2.19. The van der Waals surface area contributed by atoms with Gasteiger partial charge in [0.1, 0.15) is 5.75 Å². The van der Waals surface area contributed by atoms with E-state index in [2.05, 4.69) is 15.5 Å². The van der Waals surface area contributed by atoms with E-state index in [9.17, 15) is 4.79 Å². The zero-order valence-corrected chi connectivity index (χ0v) is 15.7. The van der Waals surface area contributed by atoms with E-state index < -0.39 is 5.25 Å². The molecule has 0 fully saturated rings. The average Bonchev–Trinajstić information content (AvgIpc) is 3.12. The molecule has 1 amide bonds. The van der Waals surface area contributed by atoms with Crippen molar-refractivity contribution in [2.75, 3.05) is 12.4 Å². The quantitative estimate of drug-likeness (QED) is 0.624. The smallest absolute Gasteiger partial charge is 0.277 e. The van der Waals surface area contributed by atoms with Crippen molar-refractivity contribution in [1.82, 2.24) is 10.2 Å². The molecule has 3 aromatic rings. The fourth-order valence-electron chi connectivity index (χ4n) is 2.09. The Morgan fingerprint density at radius 1 is 1.15 bits per heavy atom. The van der Waals surface area contributed by atoms with Gasteiger partial charge in [0.25, 0.3) is 5.22 Å². The maximum absolute atomic E-state index is 12.3. The van der Waals surface area contributed by atoms with Crippen LogP contribution < -0.4 is 10.1 Å². The number of methoxy groups -OCH3 is 1. The van der Waals surface area contributed by atoms with Crippen molar-refractivity contribution >= 4 is 35.0 Å². The lowest BCUT2D eigenvalue weighted by atomic mass is 10.2. The number of thioether (sulfide) groups is 1. The van der Waals surface area contributed by atoms with Crippen LogP contribution in [0, 0.1) is 0 Å². The van der Waals surface area contributed by atoms with E-state index in [1.165, 1.54) is 11.8 Å². The lowest BCUT2D eigenvalue weighted by Crippen LogP contribution is -2.22. The van der Waals surface area contributed by atoms with Crippen molar-refractivity contribution in [3.63, 3.8) is 0 Å². The van der Waals surface area contributed by atoms with Crippen molar-refractivity contribution in [2.45, 2.75) is 17.4 Å². The number of ether oxygens (including phenoxy) is 1. The number of carbonyl (C=O) groups excluding carboxylic acids is 1. The summed E-state index contributed by atoms with van der Waals surface area (Å²) in [5, 5.41) is 11.4. The summed E-state index contributed by atoms with van der Waals surface area (Å²) in [7, 11) is 1.60. The van der Waals surface area contributed by atoms with Crippen LogP contribution in [0.3, 0.4) is 0 Å². The van der Waals surface area contributed by atoms with Crippen molar-refractivity contribution in [1.29, 1.82) is 0 Å². The third kappa shape index (κ3) is 4.56. The number of halogens is 1. The van der Waals surface area contributed by atoms with Crippen LogP contribution in [0.25, 0.3) is 11.5 Å². The Balaban J connectivity index is 1.62. The number of carbonyl (C=O) groups is 1. The lowest BCUT2D eigenvalue weighted by Gasteiger charge is -2.09. The van der Waals surface area contributed by atoms with E-state index in [1.54, 1.807) is 38.3 Å². The second-order valence-corrected chi connectivity index (χ2v) is 7.09. The molecule has 1 atom stereocenters. The van der Waals surface area contributed by atoms with Crippen LogP contribution in [-0.4, -0.2) is 28.5 Å². The highest BCUT2D eigenvalue weighted by molar-refractivity contribution is 8.00. The summed E-state index contributed by atoms with van der Waals surface area (Å²) in [6.07, 6.45) is 0. The molecule has 1 N–H and O–H groups in total. The Morgan fingerprint density at radius 2 is 1.85 bits per heavy atom. The molecule has 0 aliphatic carbocycles. The molecular weight excluding hydrogens is 374 g/mol. The van der Waals surface area contributed by atoms with Gasteiger partial charge in [-0.3, -0.25) is 4.79 Å². The Hall–Kier alpha value is -2.51. The van der Waals surface area contributed by atoms with Crippen molar-refractivity contribution in [3.8, 4) is 17.2 Å². The van der Waals surface area contributed by atoms with E-state index in [4.69, 9.17) is 20.8 Å². The van der Waals surface area contributed by atoms with Crippen LogP contribution in [0.15, 0.2) is 58.2 Å². The van der Waals surface area contributed by atoms with Crippen molar-refractivity contribution in [3.05, 3.63) is 53.6 Å². The summed E-state index contributed by atoms with van der Waals surface area (Å²) in [4.78, 5) is 12.3. The predicted octanol–water partition coefficient (Wildman–Crippen LogP) is 4.52. The van der Waals surface area contributed by atoms with Crippen LogP contribution in [0.4, 0.5) is 5.69 Å². The number of hydrogen-bond donors (Lipinski definition) is 1. The number of rotatable bonds is 6. The van der Waals surface area contributed by atoms with Crippen LogP contribution in [0.1, 0.15) is 6.92 Å². The SMILES string of the molecule is COc1ccc(-c2nnc(S[C@@H](C)C(=O)Nc3ccc(Cl)cc3)o2)cc1. The average molecular weight is 390 g/mol. The summed E-state index contributed by atoms with van der Waals surface area (Å²) in [6.45, 7) is 1.77. The van der Waals surface area contributed by atoms with Crippen molar-refractivity contribution < 1.29 is 13.9 Å². The number of nitrogens with one attached hydrogen (secondary N) is 1. The van der Waals surface area contributed by atoms with Crippen LogP contribution in [0.2, 0.25) is 5.02 Å². The van der Waals surface area contributed by atoms with Gasteiger partial charge in [-0.05, 0) is 55.5 Å². The van der Waals surface area contributed by atoms with Gasteiger partial charge in [0.05, 0.1) is 12.4 Å². The fourth-order valence-corrected chi connectivity index (χ4v) is 2.90. The van der Waals surface area contributed by atoms with E-state index >= 15 is 0 Å². The summed E-state index contributed by atoms with van der Waals surface area (Å²) >= 11 is 7.03. The largest absolute Gasteiger partial charge is 0.497 e. The van der Waals surface area contributed by atoms with Gasteiger partial charge < -0.3 is 14.5 Å². The molecule has 0 saturated heterocycles. The lowest BCUT2D eigenvalue weighted by molar-refractivity contribution is -0.115. The minimum absolute atomic E-state index is 0.165. The van der Waals surface area contributed by atoms with E-state index in [0.717, 1.165) is 11.3 Å². The molecule has 0 aliphatic heterocycles. The van der Waals surface area contributed by atoms with Gasteiger partial charge in [0.15, 0.2) is 0 Å². The van der Waals surface area contributed by atoms with Gasteiger partial charge in [-0.1, -0.05) is 23.4 Å². The molecule has 8 heteroatoms. The summed E-state index contributed by atoms with van der Waals surface area (Å²) in [5.74, 6) is 0.970. The summed E-state index contributed by atoms with van der Waals surface area (Å²) in [5.41, 5.74) is 1.46. The zero-order valence-electron chi connectivity index (χ0n) is 14.1. The monoisotopic (exact) mass is 389 g/mol. The Bertz CT molecular complexity index is 881. The number of nitrogens with zero attached hydrogens (tertiary/aromatic N) is 2. The number of aromatic nitrogens is 2. The van der Waals surface area contributed by atoms with E-state index in [0.29, 0.717) is 21.8 Å². The molecule has 1 heterocycles. The molecule has 0 saturated carbocycles. The first kappa shape index (κ1) is 18.3. The van der Waals surface area contributed by atoms with Gasteiger partial charge in [-0.15, -0.1) is 10.2 Å². The molecule has 26 heavy (non-hydrogen) atoms. The number of anilines is 1. The first-order valence-corrected chi connectivity index (χ1v) is 9.02. The number of benzene rings is 2. The summed E-state index contributed by atoms with van der Waals surface area (Å²) < 4.78 is 10.8. The number of amides is 1. The third-order valence-electron chi connectivity index (χ3n) is 3.50. The van der Waals surface area contributed by atoms with Gasteiger partial charge in [-0.2, -0.15) is 0 Å². The van der Waals surface area contributed by atoms with Gasteiger partial charge in [-0.25, -0.2) is 0 Å². The molecule has 3 rings (SSSR count). The minimum Gasteiger partial charge on any atom is -0.497 e. The topological polar surface area (TPSA) is 77.2 Å². The van der Waals surface area contributed by atoms with Crippen LogP contribution in [0.5, 0.6) is 5.75 Å². The molecule has 0 unspecified atom stereocenters. The number of hydrogen-bond acceptors (Lipinski definition) is 6. The molecule has 0 bridgehead atoms. The van der Waals surface area contributed by atoms with Gasteiger partial charge in [0, 0.05) is 16.3 Å². The van der Waals surface area contributed by atoms with Crippen LogP contribution >= 0.6 is 23.4 Å². The second kappa shape index (κ2) is 8.25. The normalized spacial score (nSPS) is 11.8. The molecular formula is C18H16ClN3O3S. The highest BCUT2D eigenvalue weighted by atomic mass is 35.5. The first-order chi connectivity index (χ1) is 12.5. The Kier molecular flexibility index (Phi) is 5.80. The van der Waals surface area contributed by atoms with Crippen LogP contribution in [-0.2, 0) is 4.79 Å². The molecule has 6 nitrogen and oxygen atoms in total. The molecule has 1 aromatic heterocycles. The standard InChI is InChI=1S/C18H16ClN3O3S/c1-11(16(23)20-14-7-5-13(19)6-8-14)26-18-22-21-17(25-18)12-3-9-15(24-2)10-4-12/h3-11H,1-2H3,(H,20,23)/t11-/m0/s1. The maximum atomic E-state index is 12.3. The minimum atomic E-state index is -0.408. The van der Waals surface area contributed by atoms with E-state index in [-0.39, 0.29) is 5.91 Å². The first-order valence-electron chi connectivity index (χ1n) is 7.76. The van der Waals surface area contributed by atoms with Crippen molar-refractivity contribution in [2.24, 2.45) is 0 Å². The fraction of sp³-hybridized carbons (Fsp3) is 0.167. The Labute approximate surface area is 159 Å². The second-order valence-electron chi connectivity index (χ2n) is 5.36. The summed E-state index contributed by atoms with van der Waals surface area (Å²) in [6, 6.07) is 14.2.